The van der Waals surface area contributed by atoms with Gasteiger partial charge in [0.2, 0.25) is 5.95 Å². The topological polar surface area (TPSA) is 115 Å². The summed E-state index contributed by atoms with van der Waals surface area (Å²) < 4.78 is 0. The van der Waals surface area contributed by atoms with Crippen molar-refractivity contribution in [3.8, 4) is 0 Å². The van der Waals surface area contributed by atoms with Crippen LogP contribution in [0, 0.1) is 0 Å². The first-order chi connectivity index (χ1) is 17.9. The van der Waals surface area contributed by atoms with Crippen molar-refractivity contribution < 1.29 is 9.59 Å². The van der Waals surface area contributed by atoms with Crippen LogP contribution >= 0.6 is 35.0 Å². The second-order valence-electron chi connectivity index (χ2n) is 8.29. The van der Waals surface area contributed by atoms with Crippen LogP contribution in [0.15, 0.2) is 47.6 Å². The zero-order valence-electron chi connectivity index (χ0n) is 19.8. The van der Waals surface area contributed by atoms with Crippen LogP contribution in [0.25, 0.3) is 0 Å². The van der Waals surface area contributed by atoms with Gasteiger partial charge >= 0.3 is 6.03 Å². The van der Waals surface area contributed by atoms with E-state index in [0.717, 1.165) is 31.9 Å². The fourth-order valence-electron chi connectivity index (χ4n) is 4.14. The average Bonchev–Trinajstić information content (AvgIpc) is 2.90. The molecule has 0 saturated carbocycles. The van der Waals surface area contributed by atoms with E-state index in [1.54, 1.807) is 25.2 Å². The molecule has 3 heterocycles. The van der Waals surface area contributed by atoms with Crippen LogP contribution in [-0.4, -0.2) is 61.0 Å². The minimum Gasteiger partial charge on any atom is -0.367 e. The third kappa shape index (κ3) is 5.40. The van der Waals surface area contributed by atoms with Crippen LogP contribution in [0.1, 0.15) is 10.4 Å². The summed E-state index contributed by atoms with van der Waals surface area (Å²) in [6.45, 7) is 3.42. The summed E-state index contributed by atoms with van der Waals surface area (Å²) >= 11 is 14.0. The third-order valence-corrected chi connectivity index (χ3v) is 7.53. The van der Waals surface area contributed by atoms with E-state index in [2.05, 4.69) is 36.1 Å². The van der Waals surface area contributed by atoms with Crippen molar-refractivity contribution in [2.24, 2.45) is 0 Å². The summed E-state index contributed by atoms with van der Waals surface area (Å²) in [6, 6.07) is 10.5. The molecule has 1 fully saturated rings. The lowest BCUT2D eigenvalue weighted by Crippen LogP contribution is -2.44. The molecule has 5 rings (SSSR count). The van der Waals surface area contributed by atoms with Gasteiger partial charge in [0, 0.05) is 45.1 Å². The lowest BCUT2D eigenvalue weighted by atomic mass is 10.2. The molecule has 0 aliphatic carbocycles. The monoisotopic (exact) mass is 558 g/mol. The average molecular weight is 559 g/mol. The first-order valence-electron chi connectivity index (χ1n) is 11.6. The fraction of sp³-hybridized carbons (Fsp3) is 0.250. The first-order valence-corrected chi connectivity index (χ1v) is 13.3. The van der Waals surface area contributed by atoms with E-state index in [-0.39, 0.29) is 11.9 Å². The van der Waals surface area contributed by atoms with Gasteiger partial charge in [-0.3, -0.25) is 9.69 Å². The third-order valence-electron chi connectivity index (χ3n) is 5.95. The predicted molar refractivity (Wildman–Crippen MR) is 149 cm³/mol. The molecule has 2 aromatic carbocycles. The molecule has 0 bridgehead atoms. The molecule has 37 heavy (non-hydrogen) atoms. The van der Waals surface area contributed by atoms with Crippen molar-refractivity contribution in [2.45, 2.75) is 5.03 Å². The Labute approximate surface area is 228 Å². The van der Waals surface area contributed by atoms with Gasteiger partial charge in [-0.25, -0.2) is 14.8 Å². The Morgan fingerprint density at radius 1 is 1.14 bits per heavy atom. The van der Waals surface area contributed by atoms with Gasteiger partial charge in [-0.2, -0.15) is 0 Å². The molecule has 4 N–H and O–H groups in total. The number of fused-ring (bicyclic) bond motifs is 1. The number of urea groups is 1. The van der Waals surface area contributed by atoms with Gasteiger partial charge in [0.05, 0.1) is 38.5 Å². The minimum atomic E-state index is -0.309. The maximum absolute atomic E-state index is 13.2. The first kappa shape index (κ1) is 25.4. The van der Waals surface area contributed by atoms with Gasteiger partial charge in [-0.1, -0.05) is 41.0 Å². The van der Waals surface area contributed by atoms with Crippen LogP contribution < -0.4 is 31.1 Å². The number of nitrogens with one attached hydrogen (secondary N) is 4. The normalized spacial score (nSPS) is 15.3. The van der Waals surface area contributed by atoms with E-state index in [9.17, 15) is 9.59 Å². The molecule has 3 aromatic rings. The van der Waals surface area contributed by atoms with Crippen molar-refractivity contribution >= 4 is 75.6 Å². The molecule has 2 aliphatic rings. The molecule has 0 unspecified atom stereocenters. The number of carbonyl (C=O) groups is 2. The van der Waals surface area contributed by atoms with Crippen molar-refractivity contribution in [3.63, 3.8) is 0 Å². The summed E-state index contributed by atoms with van der Waals surface area (Å²) in [6.07, 6.45) is 1.50. The van der Waals surface area contributed by atoms with Gasteiger partial charge in [-0.15, -0.1) is 0 Å². The summed E-state index contributed by atoms with van der Waals surface area (Å²) in [4.78, 5) is 38.0. The maximum Gasteiger partial charge on any atom is 0.319 e. The molecule has 0 radical (unpaired) electrons. The summed E-state index contributed by atoms with van der Waals surface area (Å²) in [5, 5.41) is 13.4. The lowest BCUT2D eigenvalue weighted by molar-refractivity contribution is 0.0985. The van der Waals surface area contributed by atoms with E-state index in [1.807, 2.05) is 18.2 Å². The van der Waals surface area contributed by atoms with Crippen LogP contribution in [0.2, 0.25) is 10.0 Å². The number of benzene rings is 2. The van der Waals surface area contributed by atoms with Crippen molar-refractivity contribution in [1.82, 2.24) is 20.6 Å². The molecular formula is C24H24Cl2N8O2S. The van der Waals surface area contributed by atoms with Crippen molar-refractivity contribution in [3.05, 3.63) is 58.2 Å². The summed E-state index contributed by atoms with van der Waals surface area (Å²) in [5.74, 6) is 0.377. The number of thioether (sulfide) groups is 1. The molecule has 10 nitrogen and oxygen atoms in total. The molecule has 192 valence electrons. The molecule has 0 spiro atoms. The second-order valence-corrected chi connectivity index (χ2v) is 10.0. The molecule has 13 heteroatoms. The standard InChI is InChI=1S/C24H24Cl2N8O2S/c1-27-24(36)31-18-11-14(5-6-19(18)33-9-7-28-8-10-33)30-23-29-12-15-21(32-23)37-13-34(22(15)35)20-16(25)3-2-4-17(20)26/h2-6,11-12,28H,7-10,13H2,1H3,(H2,27,31,36)(H,29,30,32). The number of amides is 3. The number of anilines is 5. The number of halogens is 2. The van der Waals surface area contributed by atoms with Crippen LogP contribution in [0.3, 0.4) is 0 Å². The van der Waals surface area contributed by atoms with Gasteiger partial charge in [-0.05, 0) is 30.3 Å². The Bertz CT molecular complexity index is 1330. The summed E-state index contributed by atoms with van der Waals surface area (Å²) in [7, 11) is 1.57. The zero-order chi connectivity index (χ0) is 25.9. The van der Waals surface area contributed by atoms with E-state index < -0.39 is 0 Å². The number of hydrogen-bond donors (Lipinski definition) is 4. The SMILES string of the molecule is CNC(=O)Nc1cc(Nc2ncc3c(n2)SCN(c2c(Cl)cccc2Cl)C3=O)ccc1N1CCNCC1. The van der Waals surface area contributed by atoms with Crippen molar-refractivity contribution in [1.29, 1.82) is 0 Å². The minimum absolute atomic E-state index is 0.271. The zero-order valence-corrected chi connectivity index (χ0v) is 22.2. The van der Waals surface area contributed by atoms with Gasteiger partial charge < -0.3 is 26.2 Å². The Morgan fingerprint density at radius 2 is 1.89 bits per heavy atom. The molecular weight excluding hydrogens is 535 g/mol. The highest BCUT2D eigenvalue weighted by atomic mass is 35.5. The van der Waals surface area contributed by atoms with Gasteiger partial charge in [0.15, 0.2) is 0 Å². The molecule has 1 saturated heterocycles. The van der Waals surface area contributed by atoms with Crippen LogP contribution in [-0.2, 0) is 0 Å². The number of piperazine rings is 1. The van der Waals surface area contributed by atoms with E-state index in [1.165, 1.54) is 22.9 Å². The predicted octanol–water partition coefficient (Wildman–Crippen LogP) is 4.40. The van der Waals surface area contributed by atoms with E-state index >= 15 is 0 Å². The smallest absolute Gasteiger partial charge is 0.319 e. The van der Waals surface area contributed by atoms with Crippen molar-refractivity contribution in [2.75, 3.05) is 59.5 Å². The quantitative estimate of drug-likeness (QED) is 0.341. The Balaban J connectivity index is 1.38. The highest BCUT2D eigenvalue weighted by molar-refractivity contribution is 7.99. The van der Waals surface area contributed by atoms with E-state index in [4.69, 9.17) is 23.2 Å². The van der Waals surface area contributed by atoms with E-state index in [0.29, 0.717) is 49.5 Å². The highest BCUT2D eigenvalue weighted by Crippen LogP contribution is 2.39. The number of aromatic nitrogens is 2. The van der Waals surface area contributed by atoms with Gasteiger partial charge in [0.25, 0.3) is 5.91 Å². The maximum atomic E-state index is 13.2. The Hall–Kier alpha value is -3.25. The Morgan fingerprint density at radius 3 is 2.62 bits per heavy atom. The molecule has 2 aliphatic heterocycles. The Kier molecular flexibility index (Phi) is 7.56. The van der Waals surface area contributed by atoms with Gasteiger partial charge in [0.1, 0.15) is 5.03 Å². The largest absolute Gasteiger partial charge is 0.367 e. The highest BCUT2D eigenvalue weighted by Gasteiger charge is 2.30. The number of carbonyl (C=O) groups excluding carboxylic acids is 2. The summed E-state index contributed by atoms with van der Waals surface area (Å²) in [5.41, 5.74) is 3.13. The molecule has 1 aromatic heterocycles. The number of hydrogen-bond acceptors (Lipinski definition) is 8. The molecule has 3 amide bonds. The van der Waals surface area contributed by atoms with Crippen LogP contribution in [0.4, 0.5) is 33.5 Å². The number of para-hydroxylation sites is 1. The lowest BCUT2D eigenvalue weighted by Gasteiger charge is -2.31. The number of nitrogens with zero attached hydrogens (tertiary/aromatic N) is 4. The number of rotatable bonds is 5. The van der Waals surface area contributed by atoms with Crippen LogP contribution in [0.5, 0.6) is 0 Å². The fourth-order valence-corrected chi connectivity index (χ4v) is 5.68. The molecule has 0 atom stereocenters. The second kappa shape index (κ2) is 11.0.